The van der Waals surface area contributed by atoms with Crippen LogP contribution >= 0.6 is 0 Å². The number of carbonyl (C=O) groups is 2. The van der Waals surface area contributed by atoms with Crippen molar-refractivity contribution in [2.75, 3.05) is 60.4 Å². The van der Waals surface area contributed by atoms with Crippen LogP contribution in [0.15, 0.2) is 42.0 Å². The second kappa shape index (κ2) is 10.7. The number of methoxy groups -OCH3 is 2. The molecule has 2 fully saturated rings. The van der Waals surface area contributed by atoms with Crippen molar-refractivity contribution in [2.45, 2.75) is 12.5 Å². The number of nitrogens with zero attached hydrogens (tertiary/aromatic N) is 2. The van der Waals surface area contributed by atoms with Crippen molar-refractivity contribution < 1.29 is 38.4 Å². The van der Waals surface area contributed by atoms with Crippen molar-refractivity contribution in [1.29, 1.82) is 0 Å². The van der Waals surface area contributed by atoms with Crippen LogP contribution in [-0.2, 0) is 14.3 Å². The number of ether oxygens (including phenoxy) is 5. The monoisotopic (exact) mass is 510 g/mol. The van der Waals surface area contributed by atoms with E-state index in [2.05, 4.69) is 4.90 Å². The molecule has 1 unspecified atom stereocenters. The van der Waals surface area contributed by atoms with Gasteiger partial charge in [0.1, 0.15) is 5.76 Å². The van der Waals surface area contributed by atoms with Crippen LogP contribution in [-0.4, -0.2) is 87.0 Å². The molecule has 3 aliphatic rings. The number of benzene rings is 2. The molecular weight excluding hydrogens is 480 g/mol. The van der Waals surface area contributed by atoms with Gasteiger partial charge >= 0.3 is 0 Å². The number of carbonyl (C=O) groups excluding carboxylic acids is 2. The van der Waals surface area contributed by atoms with Crippen molar-refractivity contribution in [1.82, 2.24) is 9.80 Å². The Bertz CT molecular complexity index is 1220. The molecule has 0 aliphatic carbocycles. The van der Waals surface area contributed by atoms with Gasteiger partial charge in [0.15, 0.2) is 23.0 Å². The van der Waals surface area contributed by atoms with E-state index in [-0.39, 0.29) is 18.1 Å². The summed E-state index contributed by atoms with van der Waals surface area (Å²) >= 11 is 0. The van der Waals surface area contributed by atoms with Gasteiger partial charge in [-0.1, -0.05) is 6.07 Å². The minimum atomic E-state index is -0.796. The first-order chi connectivity index (χ1) is 18.0. The third-order valence-electron chi connectivity index (χ3n) is 6.89. The van der Waals surface area contributed by atoms with Crippen molar-refractivity contribution >= 4 is 17.4 Å². The summed E-state index contributed by atoms with van der Waals surface area (Å²) in [6, 6.07) is 9.35. The lowest BCUT2D eigenvalue weighted by molar-refractivity contribution is -0.140. The number of hydrogen-bond donors (Lipinski definition) is 1. The Kier molecular flexibility index (Phi) is 7.20. The highest BCUT2D eigenvalue weighted by atomic mass is 16.7. The molecule has 2 aromatic rings. The molecule has 37 heavy (non-hydrogen) atoms. The third-order valence-corrected chi connectivity index (χ3v) is 6.89. The van der Waals surface area contributed by atoms with E-state index in [4.69, 9.17) is 23.7 Å². The van der Waals surface area contributed by atoms with Gasteiger partial charge in [-0.15, -0.1) is 0 Å². The number of ketones is 1. The van der Waals surface area contributed by atoms with E-state index in [1.54, 1.807) is 36.4 Å². The topological polar surface area (TPSA) is 107 Å². The van der Waals surface area contributed by atoms with Gasteiger partial charge in [0.05, 0.1) is 39.0 Å². The van der Waals surface area contributed by atoms with Gasteiger partial charge < -0.3 is 33.7 Å². The molecule has 1 N–H and O–H groups in total. The van der Waals surface area contributed by atoms with E-state index in [0.717, 1.165) is 19.6 Å². The van der Waals surface area contributed by atoms with Crippen LogP contribution in [0, 0.1) is 0 Å². The van der Waals surface area contributed by atoms with Gasteiger partial charge in [0.2, 0.25) is 6.79 Å². The summed E-state index contributed by atoms with van der Waals surface area (Å²) in [5.74, 6) is 0.341. The number of rotatable bonds is 8. The van der Waals surface area contributed by atoms with Crippen molar-refractivity contribution in [3.8, 4) is 23.0 Å². The highest BCUT2D eigenvalue weighted by Crippen LogP contribution is 2.43. The molecule has 10 nitrogen and oxygen atoms in total. The quantitative estimate of drug-likeness (QED) is 0.326. The molecule has 3 aliphatic heterocycles. The van der Waals surface area contributed by atoms with Gasteiger partial charge in [-0.3, -0.25) is 14.5 Å². The number of amides is 1. The number of morpholine rings is 1. The Labute approximate surface area is 214 Å². The summed E-state index contributed by atoms with van der Waals surface area (Å²) in [6.45, 7) is 4.24. The van der Waals surface area contributed by atoms with Gasteiger partial charge in [0, 0.05) is 31.7 Å². The summed E-state index contributed by atoms with van der Waals surface area (Å²) in [5.41, 5.74) is 1.01. The van der Waals surface area contributed by atoms with E-state index < -0.39 is 17.7 Å². The Morgan fingerprint density at radius 3 is 2.49 bits per heavy atom. The smallest absolute Gasteiger partial charge is 0.295 e. The molecule has 10 heteroatoms. The van der Waals surface area contributed by atoms with Gasteiger partial charge in [-0.05, 0) is 42.3 Å². The molecule has 0 bridgehead atoms. The predicted molar refractivity (Wildman–Crippen MR) is 133 cm³/mol. The lowest BCUT2D eigenvalue weighted by Crippen LogP contribution is -2.38. The van der Waals surface area contributed by atoms with Gasteiger partial charge in [-0.25, -0.2) is 0 Å². The largest absolute Gasteiger partial charge is 0.507 e. The number of fused-ring (bicyclic) bond motifs is 1. The van der Waals surface area contributed by atoms with Crippen LogP contribution in [0.4, 0.5) is 0 Å². The van der Waals surface area contributed by atoms with E-state index in [1.807, 2.05) is 0 Å². The van der Waals surface area contributed by atoms with Crippen LogP contribution in [0.25, 0.3) is 5.76 Å². The maximum Gasteiger partial charge on any atom is 0.295 e. The minimum absolute atomic E-state index is 0.0162. The average Bonchev–Trinajstić information content (AvgIpc) is 3.50. The lowest BCUT2D eigenvalue weighted by Gasteiger charge is -2.29. The first-order valence-corrected chi connectivity index (χ1v) is 12.2. The normalized spacial score (nSPS) is 20.9. The molecule has 1 amide bonds. The molecule has 0 spiro atoms. The molecule has 2 aromatic carbocycles. The molecule has 196 valence electrons. The zero-order chi connectivity index (χ0) is 25.9. The van der Waals surface area contributed by atoms with Crippen LogP contribution in [0.3, 0.4) is 0 Å². The van der Waals surface area contributed by atoms with Gasteiger partial charge in [0.25, 0.3) is 11.7 Å². The van der Waals surface area contributed by atoms with E-state index in [9.17, 15) is 14.7 Å². The Morgan fingerprint density at radius 2 is 1.73 bits per heavy atom. The van der Waals surface area contributed by atoms with Crippen molar-refractivity contribution in [3.05, 3.63) is 53.1 Å². The minimum Gasteiger partial charge on any atom is -0.507 e. The Balaban J connectivity index is 1.52. The fourth-order valence-corrected chi connectivity index (χ4v) is 4.97. The number of aliphatic hydroxyl groups excluding tert-OH is 1. The maximum absolute atomic E-state index is 13.3. The summed E-state index contributed by atoms with van der Waals surface area (Å²) in [5, 5.41) is 11.4. The van der Waals surface area contributed by atoms with Crippen LogP contribution in [0.1, 0.15) is 23.6 Å². The third kappa shape index (κ3) is 4.82. The maximum atomic E-state index is 13.3. The molecule has 0 aromatic heterocycles. The molecule has 0 radical (unpaired) electrons. The standard InChI is InChI=1S/C27H30N2O8/c1-33-19-6-4-17(14-21(19)34-2)24-23(25(30)18-5-7-20-22(15-18)37-16-36-20)26(31)27(32)29(24)9-3-8-28-10-12-35-13-11-28/h4-7,14-15,24,30H,3,8-13,16H2,1-2H3/b25-23+. The first kappa shape index (κ1) is 24.9. The molecular formula is C27H30N2O8. The Hall–Kier alpha value is -3.76. The summed E-state index contributed by atoms with van der Waals surface area (Å²) in [4.78, 5) is 30.4. The number of hydrogen-bond acceptors (Lipinski definition) is 9. The Morgan fingerprint density at radius 1 is 0.973 bits per heavy atom. The molecule has 2 saturated heterocycles. The predicted octanol–water partition coefficient (Wildman–Crippen LogP) is 2.58. The zero-order valence-corrected chi connectivity index (χ0v) is 20.9. The summed E-state index contributed by atoms with van der Waals surface area (Å²) in [7, 11) is 3.06. The first-order valence-electron chi connectivity index (χ1n) is 12.2. The summed E-state index contributed by atoms with van der Waals surface area (Å²) < 4.78 is 27.1. The summed E-state index contributed by atoms with van der Waals surface area (Å²) in [6.07, 6.45) is 0.668. The lowest BCUT2D eigenvalue weighted by atomic mass is 9.94. The SMILES string of the molecule is COc1ccc(C2/C(=C(\O)c3ccc4c(c3)OCO4)C(=O)C(=O)N2CCCN2CCOCC2)cc1OC. The second-order valence-corrected chi connectivity index (χ2v) is 8.98. The fourth-order valence-electron chi connectivity index (χ4n) is 4.97. The highest BCUT2D eigenvalue weighted by molar-refractivity contribution is 6.46. The van der Waals surface area contributed by atoms with Crippen molar-refractivity contribution in [2.24, 2.45) is 0 Å². The van der Waals surface area contributed by atoms with Crippen LogP contribution < -0.4 is 18.9 Å². The fraction of sp³-hybridized carbons (Fsp3) is 0.407. The molecule has 0 saturated carbocycles. The number of likely N-dealkylation sites (tertiary alicyclic amines) is 1. The van der Waals surface area contributed by atoms with E-state index >= 15 is 0 Å². The molecule has 3 heterocycles. The van der Waals surface area contributed by atoms with Crippen molar-refractivity contribution in [3.63, 3.8) is 0 Å². The molecule has 1 atom stereocenters. The zero-order valence-electron chi connectivity index (χ0n) is 20.9. The highest BCUT2D eigenvalue weighted by Gasteiger charge is 2.46. The number of Topliss-reactive ketones (excluding diaryl/α,β-unsaturated/α-hetero) is 1. The molecule has 5 rings (SSSR count). The van der Waals surface area contributed by atoms with Gasteiger partial charge in [-0.2, -0.15) is 0 Å². The second-order valence-electron chi connectivity index (χ2n) is 8.98. The van der Waals surface area contributed by atoms with Crippen LogP contribution in [0.5, 0.6) is 23.0 Å². The number of aliphatic hydroxyl groups is 1. The van der Waals surface area contributed by atoms with Crippen LogP contribution in [0.2, 0.25) is 0 Å². The average molecular weight is 511 g/mol. The van der Waals surface area contributed by atoms with E-state index in [0.29, 0.717) is 60.3 Å². The van der Waals surface area contributed by atoms with E-state index in [1.165, 1.54) is 19.1 Å².